The first-order valence-corrected chi connectivity index (χ1v) is 25.3. The average molecular weight is 1570 g/mol. The highest BCUT2D eigenvalue weighted by molar-refractivity contribution is 7.27. The van der Waals surface area contributed by atoms with Gasteiger partial charge in [0.1, 0.15) is 0 Å². The molecule has 0 aliphatic heterocycles. The van der Waals surface area contributed by atoms with Crippen molar-refractivity contribution >= 4 is 16.8 Å². The van der Waals surface area contributed by atoms with Crippen molar-refractivity contribution in [2.45, 2.75) is 186 Å². The monoisotopic (exact) mass is 1570 g/mol. The van der Waals surface area contributed by atoms with Crippen molar-refractivity contribution in [2.75, 3.05) is 0 Å². The molecule has 0 aliphatic rings. The molecule has 2 atom stereocenters. The Hall–Kier alpha value is -3.67. The van der Waals surface area contributed by atoms with Gasteiger partial charge in [-0.1, -0.05) is 0 Å². The molecule has 0 radical (unpaired) electrons. The van der Waals surface area contributed by atoms with Crippen molar-refractivity contribution in [3.05, 3.63) is 0 Å². The van der Waals surface area contributed by atoms with Gasteiger partial charge in [-0.15, -0.1) is 0 Å². The van der Waals surface area contributed by atoms with Crippen LogP contribution >= 0.6 is 0 Å². The summed E-state index contributed by atoms with van der Waals surface area (Å²) in [6.07, 6.45) is -53.5. The Morgan fingerprint density at radius 1 is 0.215 bits per heavy atom. The number of halogens is 58. The van der Waals surface area contributed by atoms with Crippen LogP contribution in [-0.4, -0.2) is 176 Å². The topological polar surface area (TPSA) is 20.2 Å². The van der Waals surface area contributed by atoms with Crippen molar-refractivity contribution in [3.8, 4) is 0 Å². The molecule has 61 heteroatoms. The van der Waals surface area contributed by atoms with E-state index in [0.29, 0.717) is 0 Å². The Balaban J connectivity index is 10.5. The smallest absolute Gasteiger partial charge is 0.404 e. The molecule has 2 unspecified atom stereocenters. The van der Waals surface area contributed by atoms with Crippen LogP contribution in [0.4, 0.5) is 254 Å². The Morgan fingerprint density at radius 2 is 0.387 bits per heavy atom. The van der Waals surface area contributed by atoms with Gasteiger partial charge in [0.15, 0.2) is 5.67 Å². The minimum Gasteiger partial charge on any atom is -0.404 e. The molecule has 0 spiro atoms. The zero-order valence-corrected chi connectivity index (χ0v) is 42.5. The van der Waals surface area contributed by atoms with Crippen molar-refractivity contribution < 1.29 is 258 Å². The number of hydrogen-bond acceptors (Lipinski definition) is 1. The van der Waals surface area contributed by atoms with Gasteiger partial charge >= 0.3 is 166 Å². The third kappa shape index (κ3) is 12.2. The Kier molecular flexibility index (Phi) is 21.8. The number of rotatable bonds is 30. The Morgan fingerprint density at radius 3 is 0.591 bits per heavy atom. The second-order valence-electron chi connectivity index (χ2n) is 18.6. The lowest BCUT2D eigenvalue weighted by atomic mass is 9.68. The lowest BCUT2D eigenvalue weighted by Crippen LogP contribution is -2.75. The lowest BCUT2D eigenvalue weighted by Gasteiger charge is -2.50. The molecule has 0 aromatic rings. The van der Waals surface area contributed by atoms with Crippen LogP contribution in [0.5, 0.6) is 0 Å². The van der Waals surface area contributed by atoms with E-state index < -0.39 is 209 Å². The van der Waals surface area contributed by atoms with Crippen LogP contribution in [0.2, 0.25) is 6.04 Å². The molecule has 560 valence electrons. The van der Waals surface area contributed by atoms with E-state index in [2.05, 4.69) is 0 Å². The van der Waals surface area contributed by atoms with Gasteiger partial charge in [-0.25, -0.2) is 16.7 Å². The fourth-order valence-corrected chi connectivity index (χ4v) is 8.68. The molecule has 1 N–H and O–H groups in total. The van der Waals surface area contributed by atoms with Gasteiger partial charge in [0.2, 0.25) is 0 Å². The van der Waals surface area contributed by atoms with Crippen LogP contribution in [0.3, 0.4) is 0 Å². The van der Waals surface area contributed by atoms with E-state index >= 15 is 48.3 Å². The predicted octanol–water partition coefficient (Wildman–Crippen LogP) is 19.9. The minimum atomic E-state index is -11.0. The summed E-state index contributed by atoms with van der Waals surface area (Å²) in [5, 5.41) is 0. The molecule has 0 saturated heterocycles. The predicted molar refractivity (Wildman–Crippen MR) is 176 cm³/mol. The highest BCUT2D eigenvalue weighted by Crippen LogP contribution is 2.71. The first kappa shape index (κ1) is 89.3. The summed E-state index contributed by atoms with van der Waals surface area (Å²) in [4.78, 5) is 8.61. The van der Waals surface area contributed by atoms with Gasteiger partial charge in [-0.2, -0.15) is 233 Å². The van der Waals surface area contributed by atoms with Crippen LogP contribution in [0.1, 0.15) is 25.7 Å². The molecule has 0 aliphatic carbocycles. The van der Waals surface area contributed by atoms with E-state index in [4.69, 9.17) is 4.80 Å². The average Bonchev–Trinajstić information content (AvgIpc) is 0.707. The lowest BCUT2D eigenvalue weighted by molar-refractivity contribution is -0.458. The SMILES string of the molecule is O[Si](F)(CCC(F)(F)C(F)(F)C(F)(F)C(F)(F)C(F)(CC(F)(F)C(F)(F)C(F)(F)C(F)(F)C(F)(F)C(F)(F)C(F)(F)F)C(CC(F)(F)C(F)(F)C(F)(F)C(F)(F)C(F)(F)C(F)(F)C(F)(F)F)CC(F)(F)C(F)(F)C(F)(F)C(F)(F)C(F)(F)C(F)(F)C(F)(F)F)[Si](F)(F)F. The van der Waals surface area contributed by atoms with E-state index in [1.807, 2.05) is 0 Å². The maximum Gasteiger partial charge on any atom is 0.656 e. The maximum absolute atomic E-state index is 17.1. The highest BCUT2D eigenvalue weighted by atomic mass is 29.3. The van der Waals surface area contributed by atoms with Crippen molar-refractivity contribution in [1.82, 2.24) is 0 Å². The quantitative estimate of drug-likeness (QED) is 0.0432. The zero-order valence-electron chi connectivity index (χ0n) is 40.5. The van der Waals surface area contributed by atoms with Crippen molar-refractivity contribution in [1.29, 1.82) is 0 Å². The van der Waals surface area contributed by atoms with E-state index in [1.165, 1.54) is 0 Å². The normalized spacial score (nSPS) is 18.3. The summed E-state index contributed by atoms with van der Waals surface area (Å²) < 4.78 is 822. The van der Waals surface area contributed by atoms with Crippen LogP contribution in [-0.2, 0) is 0 Å². The molecule has 0 fully saturated rings. The Labute approximate surface area is 468 Å². The maximum atomic E-state index is 17.1. The van der Waals surface area contributed by atoms with Crippen molar-refractivity contribution in [2.24, 2.45) is 5.92 Å². The molecule has 0 rings (SSSR count). The van der Waals surface area contributed by atoms with Crippen LogP contribution in [0.25, 0.3) is 0 Å². The third-order valence-electron chi connectivity index (χ3n) is 12.3. The van der Waals surface area contributed by atoms with Gasteiger partial charge in [-0.3, -0.25) is 4.11 Å². The van der Waals surface area contributed by atoms with E-state index in [-0.39, 0.29) is 0 Å². The molecule has 0 aromatic carbocycles. The highest BCUT2D eigenvalue weighted by Gasteiger charge is 2.99. The number of hydrogen-bond donors (Lipinski definition) is 1. The summed E-state index contributed by atoms with van der Waals surface area (Å²) in [6.45, 7) is 0. The largest absolute Gasteiger partial charge is 0.656 e. The van der Waals surface area contributed by atoms with Gasteiger partial charge < -0.3 is 4.80 Å². The fourth-order valence-electron chi connectivity index (χ4n) is 6.52. The van der Waals surface area contributed by atoms with Crippen LogP contribution < -0.4 is 0 Å². The Bertz CT molecular complexity index is 2510. The van der Waals surface area contributed by atoms with E-state index in [0.717, 1.165) is 0 Å². The van der Waals surface area contributed by atoms with Crippen molar-refractivity contribution in [3.63, 3.8) is 0 Å². The van der Waals surface area contributed by atoms with Gasteiger partial charge in [0.25, 0.3) is 0 Å². The van der Waals surface area contributed by atoms with E-state index in [1.54, 1.807) is 0 Å². The zero-order chi connectivity index (χ0) is 77.1. The molecule has 0 aromatic heterocycles. The molecule has 93 heavy (non-hydrogen) atoms. The molecule has 0 bridgehead atoms. The first-order valence-electron chi connectivity index (χ1n) is 20.7. The molecular formula is C32H12F58OSi2. The summed E-state index contributed by atoms with van der Waals surface area (Å²) in [7, 11) is -17.6. The summed E-state index contributed by atoms with van der Waals surface area (Å²) >= 11 is 0. The molecule has 1 nitrogen and oxygen atoms in total. The van der Waals surface area contributed by atoms with E-state index in [9.17, 15) is 205 Å². The summed E-state index contributed by atoms with van der Waals surface area (Å²) in [6, 6.07) is -4.25. The second kappa shape index (κ2) is 22.7. The van der Waals surface area contributed by atoms with Gasteiger partial charge in [0.05, 0.1) is 6.42 Å². The molecular weight excluding hydrogens is 1560 g/mol. The fraction of sp³-hybridized carbons (Fsp3) is 1.00. The third-order valence-corrected chi connectivity index (χ3v) is 17.4. The van der Waals surface area contributed by atoms with Gasteiger partial charge in [-0.05, 0) is 0 Å². The second-order valence-corrected chi connectivity index (χ2v) is 25.6. The summed E-state index contributed by atoms with van der Waals surface area (Å²) in [5.74, 6) is -232. The number of alkyl halides is 54. The standard InChI is InChI=1S/C32H12F58OSi2/c33-7(12(42,43)17(52,53)13(44,45)8(34,35)1-2-92(87,91)93(88,89)90,5-11(40,41)16(50,51)20(58,59)23(64,65)26(70,71)29(76,77)32(84,85)86)6(3-9(36,37)14(46,47)18(54,55)21(60,61)24(66,67)27(72,73)30(78,79)80)4-10(38,39)15(48,49)19(56,57)22(62,63)25(68,69)28(74,75)31(81,82)83/h6,91H,1-5H2. The van der Waals surface area contributed by atoms with Crippen LogP contribution in [0.15, 0.2) is 0 Å². The van der Waals surface area contributed by atoms with Gasteiger partial charge in [0, 0.05) is 31.2 Å². The molecule has 0 saturated carbocycles. The molecule has 0 amide bonds. The minimum absolute atomic E-state index is 4.25. The first-order chi connectivity index (χ1) is 39.0. The van der Waals surface area contributed by atoms with Crippen LogP contribution in [0, 0.1) is 5.92 Å². The summed E-state index contributed by atoms with van der Waals surface area (Å²) in [5.41, 5.74) is -10.5. The molecule has 0 heterocycles.